The average Bonchev–Trinajstić information content (AvgIpc) is 2.35. The molecule has 0 aromatic carbocycles. The van der Waals surface area contributed by atoms with E-state index in [0.29, 0.717) is 6.54 Å². The lowest BCUT2D eigenvalue weighted by molar-refractivity contribution is -0.142. The van der Waals surface area contributed by atoms with Crippen molar-refractivity contribution in [3.63, 3.8) is 0 Å². The number of carbonyl (C=O) groups is 2. The smallest absolute Gasteiger partial charge is 0.235 e. The van der Waals surface area contributed by atoms with E-state index in [1.165, 1.54) is 0 Å². The molecule has 110 valence electrons. The molecule has 0 bridgehead atoms. The molecule has 1 aromatic heterocycles. The van der Waals surface area contributed by atoms with E-state index in [9.17, 15) is 9.59 Å². The van der Waals surface area contributed by atoms with Gasteiger partial charge in [-0.1, -0.05) is 6.07 Å². The van der Waals surface area contributed by atoms with Crippen LogP contribution in [-0.4, -0.2) is 22.3 Å². The molecule has 20 heavy (non-hydrogen) atoms. The molecular weight excluding hydrogens is 254 g/mol. The van der Waals surface area contributed by atoms with Crippen molar-refractivity contribution in [2.75, 3.05) is 0 Å². The van der Waals surface area contributed by atoms with E-state index in [1.54, 1.807) is 20.0 Å². The van der Waals surface area contributed by atoms with Crippen molar-refractivity contribution in [2.24, 2.45) is 5.41 Å². The van der Waals surface area contributed by atoms with Gasteiger partial charge in [0.2, 0.25) is 11.8 Å². The molecule has 0 aliphatic rings. The van der Waals surface area contributed by atoms with Crippen LogP contribution in [0.3, 0.4) is 0 Å². The molecule has 0 fully saturated rings. The number of amides is 2. The van der Waals surface area contributed by atoms with Gasteiger partial charge in [-0.3, -0.25) is 14.6 Å². The van der Waals surface area contributed by atoms with E-state index in [4.69, 9.17) is 0 Å². The average molecular weight is 277 g/mol. The molecule has 2 amide bonds. The van der Waals surface area contributed by atoms with Crippen molar-refractivity contribution in [3.05, 3.63) is 30.1 Å². The number of aromatic nitrogens is 1. The summed E-state index contributed by atoms with van der Waals surface area (Å²) in [7, 11) is 0. The fourth-order valence-corrected chi connectivity index (χ4v) is 1.49. The van der Waals surface area contributed by atoms with Crippen molar-refractivity contribution in [2.45, 2.75) is 46.7 Å². The van der Waals surface area contributed by atoms with Gasteiger partial charge in [-0.25, -0.2) is 0 Å². The Labute approximate surface area is 120 Å². The van der Waals surface area contributed by atoms with Crippen LogP contribution in [-0.2, 0) is 16.1 Å². The summed E-state index contributed by atoms with van der Waals surface area (Å²) in [5.41, 5.74) is -0.731. The Kier molecular flexibility index (Phi) is 4.87. The standard InChI is InChI=1S/C15H23N3O2/c1-14(2,3)18-13(20)15(4,5)12(19)17-10-11-8-6-7-9-16-11/h6-9H,10H2,1-5H3,(H,17,19)(H,18,20). The van der Waals surface area contributed by atoms with Crippen LogP contribution in [0.1, 0.15) is 40.3 Å². The molecule has 0 atom stereocenters. The highest BCUT2D eigenvalue weighted by atomic mass is 16.2. The molecule has 5 heteroatoms. The number of carbonyl (C=O) groups excluding carboxylic acids is 2. The summed E-state index contributed by atoms with van der Waals surface area (Å²) >= 11 is 0. The van der Waals surface area contributed by atoms with Crippen LogP contribution in [0.4, 0.5) is 0 Å². The van der Waals surface area contributed by atoms with E-state index >= 15 is 0 Å². The third-order valence-electron chi connectivity index (χ3n) is 2.78. The molecule has 1 heterocycles. The Morgan fingerprint density at radius 1 is 1.10 bits per heavy atom. The van der Waals surface area contributed by atoms with E-state index < -0.39 is 5.41 Å². The number of nitrogens with zero attached hydrogens (tertiary/aromatic N) is 1. The maximum absolute atomic E-state index is 12.2. The van der Waals surface area contributed by atoms with Gasteiger partial charge in [-0.15, -0.1) is 0 Å². The van der Waals surface area contributed by atoms with Gasteiger partial charge < -0.3 is 10.6 Å². The molecule has 0 spiro atoms. The molecule has 0 unspecified atom stereocenters. The summed E-state index contributed by atoms with van der Waals surface area (Å²) in [6, 6.07) is 5.49. The minimum atomic E-state index is -1.12. The van der Waals surface area contributed by atoms with Crippen LogP contribution in [0.15, 0.2) is 24.4 Å². The Balaban J connectivity index is 2.63. The highest BCUT2D eigenvalue weighted by molar-refractivity contribution is 6.04. The van der Waals surface area contributed by atoms with Gasteiger partial charge in [0.25, 0.3) is 0 Å². The molecular formula is C15H23N3O2. The monoisotopic (exact) mass is 277 g/mol. The number of nitrogens with one attached hydrogen (secondary N) is 2. The first-order valence-corrected chi connectivity index (χ1v) is 6.64. The molecule has 0 aliphatic carbocycles. The summed E-state index contributed by atoms with van der Waals surface area (Å²) in [6.45, 7) is 9.18. The van der Waals surface area contributed by atoms with Gasteiger partial charge in [0, 0.05) is 11.7 Å². The Morgan fingerprint density at radius 3 is 2.25 bits per heavy atom. The van der Waals surface area contributed by atoms with Crippen LogP contribution in [0.2, 0.25) is 0 Å². The van der Waals surface area contributed by atoms with Gasteiger partial charge in [-0.2, -0.15) is 0 Å². The van der Waals surface area contributed by atoms with Crippen molar-refractivity contribution >= 4 is 11.8 Å². The van der Waals surface area contributed by atoms with Gasteiger partial charge >= 0.3 is 0 Å². The molecule has 0 saturated heterocycles. The number of pyridine rings is 1. The van der Waals surface area contributed by atoms with Crippen LogP contribution >= 0.6 is 0 Å². The highest BCUT2D eigenvalue weighted by Gasteiger charge is 2.37. The maximum atomic E-state index is 12.2. The largest absolute Gasteiger partial charge is 0.351 e. The van der Waals surface area contributed by atoms with E-state index in [2.05, 4.69) is 15.6 Å². The Hall–Kier alpha value is -1.91. The lowest BCUT2D eigenvalue weighted by atomic mass is 9.89. The zero-order chi connectivity index (χ0) is 15.4. The zero-order valence-electron chi connectivity index (χ0n) is 12.8. The summed E-state index contributed by atoms with van der Waals surface area (Å²) in [4.78, 5) is 28.4. The molecule has 0 aliphatic heterocycles. The number of rotatable bonds is 4. The van der Waals surface area contributed by atoms with Gasteiger partial charge in [-0.05, 0) is 46.8 Å². The topological polar surface area (TPSA) is 71.1 Å². The first-order chi connectivity index (χ1) is 9.13. The zero-order valence-corrected chi connectivity index (χ0v) is 12.8. The second-order valence-corrected chi connectivity index (χ2v) is 6.33. The van der Waals surface area contributed by atoms with Crippen molar-refractivity contribution in [3.8, 4) is 0 Å². The van der Waals surface area contributed by atoms with Gasteiger partial charge in [0.15, 0.2) is 0 Å². The second kappa shape index (κ2) is 6.03. The minimum Gasteiger partial charge on any atom is -0.351 e. The van der Waals surface area contributed by atoms with Crippen LogP contribution in [0.5, 0.6) is 0 Å². The van der Waals surface area contributed by atoms with Crippen molar-refractivity contribution in [1.29, 1.82) is 0 Å². The lowest BCUT2D eigenvalue weighted by Crippen LogP contribution is -2.52. The quantitative estimate of drug-likeness (QED) is 0.822. The van der Waals surface area contributed by atoms with Crippen molar-refractivity contribution in [1.82, 2.24) is 15.6 Å². The third-order valence-corrected chi connectivity index (χ3v) is 2.78. The predicted molar refractivity (Wildman–Crippen MR) is 77.8 cm³/mol. The summed E-state index contributed by atoms with van der Waals surface area (Å²) in [5, 5.41) is 5.57. The first kappa shape index (κ1) is 16.1. The SMILES string of the molecule is CC(C)(C)NC(=O)C(C)(C)C(=O)NCc1ccccn1. The van der Waals surface area contributed by atoms with E-state index in [0.717, 1.165) is 5.69 Å². The first-order valence-electron chi connectivity index (χ1n) is 6.64. The number of hydrogen-bond donors (Lipinski definition) is 2. The molecule has 1 aromatic rings. The molecule has 2 N–H and O–H groups in total. The fraction of sp³-hybridized carbons (Fsp3) is 0.533. The molecule has 1 rings (SSSR count). The van der Waals surface area contributed by atoms with Crippen LogP contribution < -0.4 is 10.6 Å². The van der Waals surface area contributed by atoms with Crippen molar-refractivity contribution < 1.29 is 9.59 Å². The molecule has 0 radical (unpaired) electrons. The normalized spacial score (nSPS) is 11.8. The highest BCUT2D eigenvalue weighted by Crippen LogP contribution is 2.17. The summed E-state index contributed by atoms with van der Waals surface area (Å²) < 4.78 is 0. The van der Waals surface area contributed by atoms with E-state index in [-0.39, 0.29) is 17.4 Å². The van der Waals surface area contributed by atoms with Crippen LogP contribution in [0, 0.1) is 5.41 Å². The third kappa shape index (κ3) is 4.64. The summed E-state index contributed by atoms with van der Waals surface area (Å²) in [5.74, 6) is -0.603. The van der Waals surface area contributed by atoms with Gasteiger partial charge in [0.05, 0.1) is 12.2 Å². The minimum absolute atomic E-state index is 0.288. The van der Waals surface area contributed by atoms with Crippen LogP contribution in [0.25, 0.3) is 0 Å². The predicted octanol–water partition coefficient (Wildman–Crippen LogP) is 1.64. The molecule has 5 nitrogen and oxygen atoms in total. The Bertz CT molecular complexity index is 476. The lowest BCUT2D eigenvalue weighted by Gasteiger charge is -2.28. The fourth-order valence-electron chi connectivity index (χ4n) is 1.49. The summed E-state index contributed by atoms with van der Waals surface area (Å²) in [6.07, 6.45) is 1.67. The maximum Gasteiger partial charge on any atom is 0.235 e. The number of hydrogen-bond acceptors (Lipinski definition) is 3. The Morgan fingerprint density at radius 2 is 1.75 bits per heavy atom. The molecule has 0 saturated carbocycles. The van der Waals surface area contributed by atoms with Gasteiger partial charge in [0.1, 0.15) is 5.41 Å². The van der Waals surface area contributed by atoms with E-state index in [1.807, 2.05) is 39.0 Å². The second-order valence-electron chi connectivity index (χ2n) is 6.33.